The van der Waals surface area contributed by atoms with Gasteiger partial charge in [0.2, 0.25) is 0 Å². The van der Waals surface area contributed by atoms with Crippen molar-refractivity contribution < 1.29 is 9.53 Å². The molecule has 1 saturated heterocycles. The minimum Gasteiger partial charge on any atom is -0.359 e. The molecule has 3 rings (SSSR count). The number of amides is 1. The summed E-state index contributed by atoms with van der Waals surface area (Å²) in [5, 5.41) is 2.97. The van der Waals surface area contributed by atoms with Crippen LogP contribution in [-0.4, -0.2) is 24.7 Å². The Morgan fingerprint density at radius 2 is 2.25 bits per heavy atom. The van der Waals surface area contributed by atoms with E-state index in [1.165, 1.54) is 12.8 Å². The molecular weight excluding hydrogens is 202 g/mol. The van der Waals surface area contributed by atoms with Gasteiger partial charge in [0.25, 0.3) is 5.91 Å². The van der Waals surface area contributed by atoms with E-state index in [2.05, 4.69) is 17.5 Å². The van der Waals surface area contributed by atoms with Crippen molar-refractivity contribution in [2.24, 2.45) is 17.8 Å². The van der Waals surface area contributed by atoms with Crippen LogP contribution < -0.4 is 5.32 Å². The predicted octanol–water partition coefficient (Wildman–Crippen LogP) is 1.49. The Morgan fingerprint density at radius 1 is 1.44 bits per heavy atom. The van der Waals surface area contributed by atoms with Crippen LogP contribution in [0.15, 0.2) is 12.2 Å². The van der Waals surface area contributed by atoms with Crippen molar-refractivity contribution in [1.82, 2.24) is 5.32 Å². The second kappa shape index (κ2) is 3.88. The molecule has 0 spiro atoms. The molecule has 0 unspecified atom stereocenters. The molecule has 16 heavy (non-hydrogen) atoms. The summed E-state index contributed by atoms with van der Waals surface area (Å²) in [5.41, 5.74) is 0. The first-order valence-electron chi connectivity index (χ1n) is 6.35. The normalized spacial score (nSPS) is 43.7. The molecule has 2 aliphatic carbocycles. The average Bonchev–Trinajstić information content (AvgIpc) is 2.73. The van der Waals surface area contributed by atoms with E-state index in [1.807, 2.05) is 6.92 Å². The fourth-order valence-electron chi connectivity index (χ4n) is 3.17. The van der Waals surface area contributed by atoms with E-state index in [-0.39, 0.29) is 18.1 Å². The van der Waals surface area contributed by atoms with Crippen molar-refractivity contribution in [3.8, 4) is 0 Å². The van der Waals surface area contributed by atoms with Crippen molar-refractivity contribution in [3.05, 3.63) is 12.2 Å². The van der Waals surface area contributed by atoms with Crippen molar-refractivity contribution in [1.29, 1.82) is 0 Å². The first-order chi connectivity index (χ1) is 7.74. The van der Waals surface area contributed by atoms with Crippen LogP contribution in [0, 0.1) is 17.8 Å². The number of nitrogens with one attached hydrogen (secondary N) is 1. The van der Waals surface area contributed by atoms with Gasteiger partial charge in [0.05, 0.1) is 6.10 Å². The molecule has 0 radical (unpaired) electrons. The number of rotatable bonds is 4. The largest absolute Gasteiger partial charge is 0.359 e. The Balaban J connectivity index is 1.38. The third-order valence-corrected chi connectivity index (χ3v) is 4.20. The van der Waals surface area contributed by atoms with E-state index in [0.29, 0.717) is 0 Å². The zero-order valence-corrected chi connectivity index (χ0v) is 9.69. The Morgan fingerprint density at radius 3 is 2.81 bits per heavy atom. The lowest BCUT2D eigenvalue weighted by Gasteiger charge is -2.17. The summed E-state index contributed by atoms with van der Waals surface area (Å²) in [6, 6.07) is 0. The van der Waals surface area contributed by atoms with Gasteiger partial charge in [-0.3, -0.25) is 4.79 Å². The van der Waals surface area contributed by atoms with Crippen molar-refractivity contribution >= 4 is 5.91 Å². The minimum absolute atomic E-state index is 0.0752. The van der Waals surface area contributed by atoms with Crippen molar-refractivity contribution in [2.45, 2.75) is 38.4 Å². The maximum absolute atomic E-state index is 11.5. The van der Waals surface area contributed by atoms with Gasteiger partial charge in [-0.2, -0.15) is 0 Å². The highest BCUT2D eigenvalue weighted by atomic mass is 16.6. The summed E-state index contributed by atoms with van der Waals surface area (Å²) in [6.45, 7) is 2.75. The minimum atomic E-state index is -0.167. The number of carbonyl (C=O) groups is 1. The summed E-state index contributed by atoms with van der Waals surface area (Å²) >= 11 is 0. The zero-order valence-electron chi connectivity index (χ0n) is 9.69. The first-order valence-corrected chi connectivity index (χ1v) is 6.35. The molecule has 1 saturated carbocycles. The fraction of sp³-hybridized carbons (Fsp3) is 0.769. The van der Waals surface area contributed by atoms with Gasteiger partial charge >= 0.3 is 0 Å². The van der Waals surface area contributed by atoms with Crippen LogP contribution in [0.25, 0.3) is 0 Å². The molecule has 1 aliphatic heterocycles. The molecule has 1 N–H and O–H groups in total. The number of epoxide rings is 1. The van der Waals surface area contributed by atoms with E-state index in [9.17, 15) is 4.79 Å². The second-order valence-corrected chi connectivity index (χ2v) is 5.38. The zero-order chi connectivity index (χ0) is 11.1. The molecule has 3 aliphatic rings. The molecule has 88 valence electrons. The topological polar surface area (TPSA) is 41.6 Å². The van der Waals surface area contributed by atoms with Gasteiger partial charge in [-0.25, -0.2) is 0 Å². The highest BCUT2D eigenvalue weighted by Gasteiger charge is 2.41. The summed E-state index contributed by atoms with van der Waals surface area (Å²) in [7, 11) is 0. The molecule has 3 nitrogen and oxygen atoms in total. The average molecular weight is 221 g/mol. The van der Waals surface area contributed by atoms with E-state index in [4.69, 9.17) is 4.74 Å². The van der Waals surface area contributed by atoms with Gasteiger partial charge in [0.15, 0.2) is 6.10 Å². The van der Waals surface area contributed by atoms with Gasteiger partial charge in [-0.1, -0.05) is 12.2 Å². The van der Waals surface area contributed by atoms with Crippen LogP contribution in [0.2, 0.25) is 0 Å². The lowest BCUT2D eigenvalue weighted by atomic mass is 9.91. The standard InChI is InChI=1S/C13H19NO2/c1-8-12(16-8)13(15)14-5-4-11-7-9-2-3-10(11)6-9/h2-3,8-12H,4-7H2,1H3,(H,14,15)/t8-,9+,10-,11+,12+/m0/s1. The quantitative estimate of drug-likeness (QED) is 0.577. The lowest BCUT2D eigenvalue weighted by Crippen LogP contribution is -2.31. The molecule has 1 heterocycles. The van der Waals surface area contributed by atoms with Crippen LogP contribution in [-0.2, 0) is 9.53 Å². The summed E-state index contributed by atoms with van der Waals surface area (Å²) in [5.74, 6) is 2.49. The van der Waals surface area contributed by atoms with Crippen LogP contribution in [0.1, 0.15) is 26.2 Å². The molecule has 0 aromatic rings. The predicted molar refractivity (Wildman–Crippen MR) is 60.8 cm³/mol. The molecule has 2 bridgehead atoms. The Labute approximate surface area is 96.2 Å². The first kappa shape index (κ1) is 10.3. The molecule has 2 fully saturated rings. The SMILES string of the molecule is C[C@@H]1O[C@H]1C(=O)NCC[C@@H]1C[C@@H]2C=C[C@H]1C2. The highest BCUT2D eigenvalue weighted by Crippen LogP contribution is 2.44. The summed E-state index contributed by atoms with van der Waals surface area (Å²) < 4.78 is 5.13. The third-order valence-electron chi connectivity index (χ3n) is 4.20. The lowest BCUT2D eigenvalue weighted by molar-refractivity contribution is -0.122. The number of hydrogen-bond donors (Lipinski definition) is 1. The van der Waals surface area contributed by atoms with E-state index < -0.39 is 0 Å². The highest BCUT2D eigenvalue weighted by molar-refractivity contribution is 5.83. The van der Waals surface area contributed by atoms with Crippen molar-refractivity contribution in [2.75, 3.05) is 6.54 Å². The van der Waals surface area contributed by atoms with Gasteiger partial charge in [0, 0.05) is 6.54 Å². The Kier molecular flexibility index (Phi) is 2.51. The van der Waals surface area contributed by atoms with E-state index >= 15 is 0 Å². The van der Waals surface area contributed by atoms with Crippen molar-refractivity contribution in [3.63, 3.8) is 0 Å². The van der Waals surface area contributed by atoms with E-state index in [1.54, 1.807) is 0 Å². The Bertz CT molecular complexity index is 326. The molecule has 5 atom stereocenters. The molecule has 0 aromatic heterocycles. The smallest absolute Gasteiger partial charge is 0.251 e. The number of fused-ring (bicyclic) bond motifs is 2. The molecule has 0 aromatic carbocycles. The number of hydrogen-bond acceptors (Lipinski definition) is 2. The van der Waals surface area contributed by atoms with E-state index in [0.717, 1.165) is 30.7 Å². The van der Waals surface area contributed by atoms with Gasteiger partial charge in [-0.05, 0) is 43.9 Å². The molecule has 1 amide bonds. The number of allylic oxidation sites excluding steroid dienone is 2. The van der Waals surface area contributed by atoms with Crippen LogP contribution in [0.4, 0.5) is 0 Å². The molecule has 3 heteroatoms. The van der Waals surface area contributed by atoms with Gasteiger partial charge in [0.1, 0.15) is 0 Å². The number of ether oxygens (including phenoxy) is 1. The maximum atomic E-state index is 11.5. The van der Waals surface area contributed by atoms with Crippen LogP contribution in [0.5, 0.6) is 0 Å². The van der Waals surface area contributed by atoms with Gasteiger partial charge < -0.3 is 10.1 Å². The second-order valence-electron chi connectivity index (χ2n) is 5.38. The van der Waals surface area contributed by atoms with Crippen LogP contribution in [0.3, 0.4) is 0 Å². The molecular formula is C13H19NO2. The maximum Gasteiger partial charge on any atom is 0.251 e. The Hall–Kier alpha value is -0.830. The van der Waals surface area contributed by atoms with Gasteiger partial charge in [-0.15, -0.1) is 0 Å². The summed E-state index contributed by atoms with van der Waals surface area (Å²) in [6.07, 6.45) is 8.49. The fourth-order valence-corrected chi connectivity index (χ4v) is 3.17. The third kappa shape index (κ3) is 1.88. The summed E-state index contributed by atoms with van der Waals surface area (Å²) in [4.78, 5) is 11.5. The number of carbonyl (C=O) groups excluding carboxylic acids is 1. The monoisotopic (exact) mass is 221 g/mol. The van der Waals surface area contributed by atoms with Crippen LogP contribution >= 0.6 is 0 Å².